The second-order valence-corrected chi connectivity index (χ2v) is 7.08. The molecule has 0 atom stereocenters. The molecule has 0 saturated carbocycles. The lowest BCUT2D eigenvalue weighted by Crippen LogP contribution is -2.25. The average molecular weight is 399 g/mol. The van der Waals surface area contributed by atoms with Gasteiger partial charge in [0.25, 0.3) is 0 Å². The van der Waals surface area contributed by atoms with Crippen LogP contribution in [0.3, 0.4) is 0 Å². The Morgan fingerprint density at radius 3 is 2.36 bits per heavy atom. The van der Waals surface area contributed by atoms with Gasteiger partial charge in [-0.1, -0.05) is 31.2 Å². The van der Waals surface area contributed by atoms with Crippen molar-refractivity contribution in [3.63, 3.8) is 0 Å². The Labute approximate surface area is 170 Å². The first-order valence-corrected chi connectivity index (χ1v) is 10.3. The number of carbonyl (C=O) groups excluding carboxylic acids is 2. The van der Waals surface area contributed by atoms with E-state index >= 15 is 0 Å². The van der Waals surface area contributed by atoms with E-state index in [9.17, 15) is 9.59 Å². The van der Waals surface area contributed by atoms with Crippen molar-refractivity contribution >= 4 is 29.3 Å². The molecule has 0 saturated heterocycles. The topological polar surface area (TPSA) is 67.4 Å². The number of unbranched alkanes of at least 4 members (excludes halogenated alkanes) is 2. The molecule has 0 radical (unpaired) electrons. The molecule has 0 aliphatic heterocycles. The largest absolute Gasteiger partial charge is 0.457 e. The van der Waals surface area contributed by atoms with Crippen molar-refractivity contribution in [2.45, 2.75) is 25.7 Å². The Kier molecular flexibility index (Phi) is 9.72. The van der Waals surface area contributed by atoms with Gasteiger partial charge in [-0.15, -0.1) is 11.8 Å². The molecule has 0 aliphatic carbocycles. The van der Waals surface area contributed by atoms with Crippen molar-refractivity contribution in [3.05, 3.63) is 66.6 Å². The van der Waals surface area contributed by atoms with E-state index in [4.69, 9.17) is 4.74 Å². The number of hydrogen-bond acceptors (Lipinski definition) is 4. The van der Waals surface area contributed by atoms with E-state index in [1.54, 1.807) is 5.41 Å². The van der Waals surface area contributed by atoms with Crippen molar-refractivity contribution < 1.29 is 14.3 Å². The Hall–Kier alpha value is -2.73. The first-order valence-electron chi connectivity index (χ1n) is 9.29. The second kappa shape index (κ2) is 12.6. The van der Waals surface area contributed by atoms with Gasteiger partial charge in [-0.25, -0.2) is 0 Å². The second-order valence-electron chi connectivity index (χ2n) is 6.13. The first kappa shape index (κ1) is 21.6. The Morgan fingerprint density at radius 1 is 0.929 bits per heavy atom. The number of ether oxygens (including phenoxy) is 1. The van der Waals surface area contributed by atoms with Gasteiger partial charge in [0.2, 0.25) is 11.8 Å². The van der Waals surface area contributed by atoms with E-state index in [0.29, 0.717) is 18.7 Å². The van der Waals surface area contributed by atoms with Crippen LogP contribution >= 0.6 is 11.8 Å². The average Bonchev–Trinajstić information content (AvgIpc) is 2.71. The van der Waals surface area contributed by atoms with Gasteiger partial charge in [-0.3, -0.25) is 9.59 Å². The summed E-state index contributed by atoms with van der Waals surface area (Å²) in [6.45, 7) is 4.20. The fourth-order valence-corrected chi connectivity index (χ4v) is 2.83. The van der Waals surface area contributed by atoms with Crippen molar-refractivity contribution in [1.82, 2.24) is 5.32 Å². The van der Waals surface area contributed by atoms with Crippen LogP contribution in [0.5, 0.6) is 11.5 Å². The molecule has 28 heavy (non-hydrogen) atoms. The molecule has 2 aromatic rings. The quantitative estimate of drug-likeness (QED) is 0.495. The lowest BCUT2D eigenvalue weighted by Gasteiger charge is -2.08. The number of carbonyl (C=O) groups is 2. The van der Waals surface area contributed by atoms with E-state index in [1.807, 2.05) is 54.6 Å². The number of rotatable bonds is 12. The normalized spacial score (nSPS) is 10.1. The van der Waals surface area contributed by atoms with Crippen LogP contribution in [0.15, 0.2) is 66.6 Å². The number of amides is 2. The minimum absolute atomic E-state index is 0.0110. The highest BCUT2D eigenvalue weighted by atomic mass is 32.2. The van der Waals surface area contributed by atoms with Gasteiger partial charge in [0, 0.05) is 18.7 Å². The summed E-state index contributed by atoms with van der Waals surface area (Å²) in [5.74, 6) is 1.90. The van der Waals surface area contributed by atoms with Crippen LogP contribution < -0.4 is 15.4 Å². The Balaban J connectivity index is 1.60. The van der Waals surface area contributed by atoms with Crippen molar-refractivity contribution in [3.8, 4) is 11.5 Å². The van der Waals surface area contributed by atoms with E-state index < -0.39 is 0 Å². The third kappa shape index (κ3) is 8.77. The molecule has 6 heteroatoms. The van der Waals surface area contributed by atoms with Crippen molar-refractivity contribution in [2.75, 3.05) is 17.6 Å². The van der Waals surface area contributed by atoms with Crippen LogP contribution in [0.4, 0.5) is 5.69 Å². The highest BCUT2D eigenvalue weighted by Gasteiger charge is 2.04. The number of nitrogens with one attached hydrogen (secondary N) is 2. The van der Waals surface area contributed by atoms with Gasteiger partial charge < -0.3 is 15.4 Å². The van der Waals surface area contributed by atoms with Gasteiger partial charge in [0.05, 0.1) is 5.75 Å². The molecule has 5 nitrogen and oxygen atoms in total. The molecule has 0 aliphatic rings. The maximum atomic E-state index is 12.0. The molecule has 148 valence electrons. The molecule has 0 heterocycles. The Morgan fingerprint density at radius 2 is 1.64 bits per heavy atom. The van der Waals surface area contributed by atoms with Crippen LogP contribution in [0.1, 0.15) is 25.7 Å². The third-order valence-corrected chi connectivity index (χ3v) is 4.52. The zero-order valence-corrected chi connectivity index (χ0v) is 16.7. The van der Waals surface area contributed by atoms with E-state index in [-0.39, 0.29) is 11.8 Å². The minimum atomic E-state index is -0.0110. The maximum Gasteiger partial charge on any atom is 0.230 e. The van der Waals surface area contributed by atoms with Crippen molar-refractivity contribution in [1.29, 1.82) is 0 Å². The summed E-state index contributed by atoms with van der Waals surface area (Å²) in [5.41, 5.74) is 0.748. The van der Waals surface area contributed by atoms with Crippen LogP contribution in [0.25, 0.3) is 0 Å². The lowest BCUT2D eigenvalue weighted by atomic mass is 10.2. The molecule has 0 aromatic heterocycles. The van der Waals surface area contributed by atoms with Crippen molar-refractivity contribution in [2.24, 2.45) is 0 Å². The van der Waals surface area contributed by atoms with Gasteiger partial charge in [-0.05, 0) is 54.6 Å². The van der Waals surface area contributed by atoms with Crippen LogP contribution in [0, 0.1) is 0 Å². The maximum absolute atomic E-state index is 12.0. The fraction of sp³-hybridized carbons (Fsp3) is 0.273. The lowest BCUT2D eigenvalue weighted by molar-refractivity contribution is -0.118. The molecule has 2 rings (SSSR count). The molecule has 0 fully saturated rings. The molecule has 0 spiro atoms. The van der Waals surface area contributed by atoms with E-state index in [1.165, 1.54) is 11.8 Å². The molecular formula is C22H26N2O3S. The molecule has 2 aromatic carbocycles. The highest BCUT2D eigenvalue weighted by Crippen LogP contribution is 2.22. The Bertz CT molecular complexity index is 748. The van der Waals surface area contributed by atoms with Gasteiger partial charge in [-0.2, -0.15) is 0 Å². The minimum Gasteiger partial charge on any atom is -0.457 e. The molecule has 0 unspecified atom stereocenters. The number of thioether (sulfide) groups is 1. The van der Waals surface area contributed by atoms with E-state index in [2.05, 4.69) is 17.2 Å². The summed E-state index contributed by atoms with van der Waals surface area (Å²) >= 11 is 1.38. The van der Waals surface area contributed by atoms with Gasteiger partial charge in [0.15, 0.2) is 0 Å². The summed E-state index contributed by atoms with van der Waals surface area (Å²) in [6, 6.07) is 16.9. The number of benzene rings is 2. The number of para-hydroxylation sites is 1. The summed E-state index contributed by atoms with van der Waals surface area (Å²) in [5, 5.41) is 7.39. The predicted molar refractivity (Wildman–Crippen MR) is 116 cm³/mol. The standard InChI is InChI=1S/C22H26N2O3S/c1-2-28-17-22(26)23-16-8-4-7-11-21(25)24-18-12-14-20(15-13-18)27-19-9-5-3-6-10-19/h2-3,5-6,9-10,12-15H,1,4,7-8,11,16-17H2,(H,23,26)(H,24,25). The summed E-state index contributed by atoms with van der Waals surface area (Å²) in [6.07, 6.45) is 3.01. The first-order chi connectivity index (χ1) is 13.7. The summed E-state index contributed by atoms with van der Waals surface area (Å²) in [4.78, 5) is 23.4. The third-order valence-electron chi connectivity index (χ3n) is 3.85. The smallest absolute Gasteiger partial charge is 0.230 e. The summed E-state index contributed by atoms with van der Waals surface area (Å²) in [7, 11) is 0. The van der Waals surface area contributed by atoms with E-state index in [0.717, 1.165) is 36.4 Å². The molecule has 2 amide bonds. The number of anilines is 1. The zero-order chi connectivity index (χ0) is 20.0. The highest BCUT2D eigenvalue weighted by molar-refractivity contribution is 8.02. The van der Waals surface area contributed by atoms with Gasteiger partial charge >= 0.3 is 0 Å². The predicted octanol–water partition coefficient (Wildman–Crippen LogP) is 4.97. The van der Waals surface area contributed by atoms with Gasteiger partial charge in [0.1, 0.15) is 11.5 Å². The SMILES string of the molecule is C=CSCC(=O)NCCCCCC(=O)Nc1ccc(Oc2ccccc2)cc1. The molecule has 0 bridgehead atoms. The number of hydrogen-bond donors (Lipinski definition) is 2. The monoisotopic (exact) mass is 398 g/mol. The molecular weight excluding hydrogens is 372 g/mol. The van der Waals surface area contributed by atoms with Crippen LogP contribution in [-0.2, 0) is 9.59 Å². The zero-order valence-electron chi connectivity index (χ0n) is 15.9. The van der Waals surface area contributed by atoms with Crippen LogP contribution in [-0.4, -0.2) is 24.1 Å². The summed E-state index contributed by atoms with van der Waals surface area (Å²) < 4.78 is 5.73. The van der Waals surface area contributed by atoms with Crippen LogP contribution in [0.2, 0.25) is 0 Å². The molecule has 2 N–H and O–H groups in total. The fourth-order valence-electron chi connectivity index (χ4n) is 2.46.